The van der Waals surface area contributed by atoms with Crippen LogP contribution < -0.4 is 4.74 Å². The number of ether oxygens (including phenoxy) is 1. The Labute approximate surface area is 92.3 Å². The average molecular weight is 205 g/mol. The van der Waals surface area contributed by atoms with Crippen LogP contribution in [0.4, 0.5) is 5.69 Å². The predicted molar refractivity (Wildman–Crippen MR) is 68.3 cm³/mol. The van der Waals surface area contributed by atoms with Crippen molar-refractivity contribution in [1.29, 1.82) is 0 Å². The van der Waals surface area contributed by atoms with Crippen LogP contribution in [0, 0.1) is 0 Å². The molecule has 0 heterocycles. The summed E-state index contributed by atoms with van der Waals surface area (Å²) in [6.45, 7) is 13.3. The minimum absolute atomic E-state index is 0.785. The van der Waals surface area contributed by atoms with Crippen molar-refractivity contribution < 1.29 is 4.74 Å². The molecule has 0 spiro atoms. The first kappa shape index (κ1) is 13.4. The zero-order chi connectivity index (χ0) is 11.8. The Morgan fingerprint density at radius 1 is 1.33 bits per heavy atom. The summed E-state index contributed by atoms with van der Waals surface area (Å²) in [5.41, 5.74) is 2.80. The first-order chi connectivity index (χ1) is 7.19. The van der Waals surface area contributed by atoms with E-state index in [4.69, 9.17) is 4.74 Å². The van der Waals surface area contributed by atoms with E-state index in [-0.39, 0.29) is 0 Å². The lowest BCUT2D eigenvalue weighted by Crippen LogP contribution is -1.84. The van der Waals surface area contributed by atoms with Crippen molar-refractivity contribution in [3.63, 3.8) is 0 Å². The number of benzene rings is 1. The lowest BCUT2D eigenvalue weighted by Gasteiger charge is -2.06. The van der Waals surface area contributed by atoms with Gasteiger partial charge in [-0.25, -0.2) is 0 Å². The minimum Gasteiger partial charge on any atom is -0.497 e. The van der Waals surface area contributed by atoms with E-state index in [0.29, 0.717) is 0 Å². The molecular weight excluding hydrogens is 186 g/mol. The lowest BCUT2D eigenvalue weighted by atomic mass is 10.1. The van der Waals surface area contributed by atoms with Gasteiger partial charge in [0.1, 0.15) is 5.75 Å². The summed E-state index contributed by atoms with van der Waals surface area (Å²) >= 11 is 0. The quantitative estimate of drug-likeness (QED) is 0.681. The zero-order valence-electron chi connectivity index (χ0n) is 10.0. The predicted octanol–water partition coefficient (Wildman–Crippen LogP) is 4.09. The van der Waals surface area contributed by atoms with Crippen LogP contribution in [0.25, 0.3) is 5.57 Å². The Bertz CT molecular complexity index is 342. The summed E-state index contributed by atoms with van der Waals surface area (Å²) in [5, 5.41) is 0. The smallest absolute Gasteiger partial charge is 0.121 e. The number of nitrogens with zero attached hydrogens (tertiary/aromatic N) is 1. The maximum absolute atomic E-state index is 5.07. The molecule has 0 aliphatic carbocycles. The van der Waals surface area contributed by atoms with E-state index in [1.165, 1.54) is 0 Å². The fourth-order valence-electron chi connectivity index (χ4n) is 1.13. The van der Waals surface area contributed by atoms with Gasteiger partial charge in [-0.1, -0.05) is 20.4 Å². The standard InChI is InChI=1S/C11H13NO.C2H6/c1-8(2)10-6-5-9(13-4)7-11(10)12-3;1-2/h5-7H,1,3H2,2,4H3;1-2H3. The van der Waals surface area contributed by atoms with Gasteiger partial charge in [0.25, 0.3) is 0 Å². The number of aliphatic imine (C=N–C) groups is 1. The topological polar surface area (TPSA) is 21.6 Å². The molecular formula is C13H19NO. The molecule has 0 aromatic heterocycles. The van der Waals surface area contributed by atoms with Gasteiger partial charge in [0, 0.05) is 11.6 Å². The molecule has 0 amide bonds. The molecule has 0 bridgehead atoms. The van der Waals surface area contributed by atoms with E-state index in [2.05, 4.69) is 18.3 Å². The largest absolute Gasteiger partial charge is 0.497 e. The summed E-state index contributed by atoms with van der Waals surface area (Å²) in [6.07, 6.45) is 0. The Morgan fingerprint density at radius 2 is 1.93 bits per heavy atom. The second-order valence-electron chi connectivity index (χ2n) is 2.82. The Hall–Kier alpha value is -1.57. The molecule has 0 saturated heterocycles. The van der Waals surface area contributed by atoms with Gasteiger partial charge in [-0.05, 0) is 31.3 Å². The Balaban J connectivity index is 0.000000921. The first-order valence-electron chi connectivity index (χ1n) is 4.99. The molecule has 0 N–H and O–H groups in total. The molecule has 1 aromatic carbocycles. The van der Waals surface area contributed by atoms with Crippen LogP contribution in [0.5, 0.6) is 5.75 Å². The van der Waals surface area contributed by atoms with Crippen LogP contribution >= 0.6 is 0 Å². The fourth-order valence-corrected chi connectivity index (χ4v) is 1.13. The highest BCUT2D eigenvalue weighted by molar-refractivity contribution is 5.74. The molecule has 2 nitrogen and oxygen atoms in total. The van der Waals surface area contributed by atoms with Crippen molar-refractivity contribution in [3.8, 4) is 5.75 Å². The fraction of sp³-hybridized carbons (Fsp3) is 0.308. The summed E-state index contributed by atoms with van der Waals surface area (Å²) in [4.78, 5) is 3.91. The van der Waals surface area contributed by atoms with Gasteiger partial charge >= 0.3 is 0 Å². The van der Waals surface area contributed by atoms with Crippen LogP contribution in [0.1, 0.15) is 26.3 Å². The molecule has 0 fully saturated rings. The monoisotopic (exact) mass is 205 g/mol. The van der Waals surface area contributed by atoms with Gasteiger partial charge in [-0.3, -0.25) is 4.99 Å². The highest BCUT2D eigenvalue weighted by Gasteiger charge is 2.02. The summed E-state index contributed by atoms with van der Waals surface area (Å²) in [6, 6.07) is 5.67. The molecule has 0 radical (unpaired) electrons. The first-order valence-corrected chi connectivity index (χ1v) is 4.99. The van der Waals surface area contributed by atoms with Crippen LogP contribution in [0.2, 0.25) is 0 Å². The van der Waals surface area contributed by atoms with Crippen LogP contribution in [0.3, 0.4) is 0 Å². The van der Waals surface area contributed by atoms with Gasteiger partial charge in [-0.2, -0.15) is 0 Å². The highest BCUT2D eigenvalue weighted by atomic mass is 16.5. The molecule has 1 rings (SSSR count). The van der Waals surface area contributed by atoms with Gasteiger partial charge in [0.15, 0.2) is 0 Å². The third kappa shape index (κ3) is 3.58. The van der Waals surface area contributed by atoms with E-state index in [9.17, 15) is 0 Å². The maximum atomic E-state index is 5.07. The molecule has 0 aliphatic heterocycles. The minimum atomic E-state index is 0.785. The van der Waals surface area contributed by atoms with Crippen molar-refractivity contribution in [3.05, 3.63) is 30.3 Å². The van der Waals surface area contributed by atoms with E-state index in [1.807, 2.05) is 39.0 Å². The van der Waals surface area contributed by atoms with Crippen molar-refractivity contribution >= 4 is 18.0 Å². The molecule has 15 heavy (non-hydrogen) atoms. The van der Waals surface area contributed by atoms with Gasteiger partial charge in [0.2, 0.25) is 0 Å². The number of allylic oxidation sites excluding steroid dienone is 1. The number of hydrogen-bond acceptors (Lipinski definition) is 2. The molecule has 1 aromatic rings. The number of hydrogen-bond donors (Lipinski definition) is 0. The van der Waals surface area contributed by atoms with E-state index in [0.717, 1.165) is 22.6 Å². The van der Waals surface area contributed by atoms with Crippen LogP contribution in [-0.4, -0.2) is 13.8 Å². The van der Waals surface area contributed by atoms with Crippen molar-refractivity contribution in [2.45, 2.75) is 20.8 Å². The Kier molecular flexibility index (Phi) is 6.11. The normalized spacial score (nSPS) is 8.53. The van der Waals surface area contributed by atoms with E-state index >= 15 is 0 Å². The second-order valence-corrected chi connectivity index (χ2v) is 2.82. The summed E-state index contributed by atoms with van der Waals surface area (Å²) < 4.78 is 5.07. The average Bonchev–Trinajstić information content (AvgIpc) is 2.30. The van der Waals surface area contributed by atoms with E-state index < -0.39 is 0 Å². The maximum Gasteiger partial charge on any atom is 0.121 e. The Morgan fingerprint density at radius 3 is 2.33 bits per heavy atom. The van der Waals surface area contributed by atoms with Gasteiger partial charge < -0.3 is 4.74 Å². The van der Waals surface area contributed by atoms with Crippen LogP contribution in [0.15, 0.2) is 29.8 Å². The highest BCUT2D eigenvalue weighted by Crippen LogP contribution is 2.28. The second kappa shape index (κ2) is 6.82. The van der Waals surface area contributed by atoms with Crippen molar-refractivity contribution in [2.75, 3.05) is 7.11 Å². The van der Waals surface area contributed by atoms with Crippen LogP contribution in [-0.2, 0) is 0 Å². The van der Waals surface area contributed by atoms with Crippen molar-refractivity contribution in [1.82, 2.24) is 0 Å². The molecule has 0 aliphatic rings. The lowest BCUT2D eigenvalue weighted by molar-refractivity contribution is 0.415. The number of rotatable bonds is 3. The summed E-state index contributed by atoms with van der Waals surface area (Å²) in [5.74, 6) is 0.785. The molecule has 0 saturated carbocycles. The zero-order valence-corrected chi connectivity index (χ0v) is 10.0. The van der Waals surface area contributed by atoms with Gasteiger partial charge in [0.05, 0.1) is 12.8 Å². The van der Waals surface area contributed by atoms with E-state index in [1.54, 1.807) is 7.11 Å². The molecule has 2 heteroatoms. The SMILES string of the molecule is C=Nc1cc(OC)ccc1C(=C)C.CC. The molecule has 0 atom stereocenters. The third-order valence-electron chi connectivity index (χ3n) is 1.84. The molecule has 82 valence electrons. The van der Waals surface area contributed by atoms with Crippen molar-refractivity contribution in [2.24, 2.45) is 4.99 Å². The molecule has 0 unspecified atom stereocenters. The summed E-state index contributed by atoms with van der Waals surface area (Å²) in [7, 11) is 1.63. The number of methoxy groups -OCH3 is 1. The third-order valence-corrected chi connectivity index (χ3v) is 1.84. The van der Waals surface area contributed by atoms with Gasteiger partial charge in [-0.15, -0.1) is 0 Å².